The van der Waals surface area contributed by atoms with Crippen LogP contribution in [0.1, 0.15) is 11.1 Å². The quantitative estimate of drug-likeness (QED) is 0.584. The lowest BCUT2D eigenvalue weighted by molar-refractivity contribution is -0.143. The van der Waals surface area contributed by atoms with Crippen LogP contribution in [-0.4, -0.2) is 9.78 Å². The predicted molar refractivity (Wildman–Crippen MR) is 82.4 cm³/mol. The van der Waals surface area contributed by atoms with Crippen molar-refractivity contribution >= 4 is 10.8 Å². The van der Waals surface area contributed by atoms with Crippen molar-refractivity contribution in [3.63, 3.8) is 0 Å². The minimum Gasteiger partial charge on any atom is -0.267 e. The van der Waals surface area contributed by atoms with E-state index in [-0.39, 0.29) is 28.1 Å². The highest BCUT2D eigenvalue weighted by molar-refractivity contribution is 5.93. The molecule has 0 unspecified atom stereocenters. The molecular formula is C17H10F6N2O. The molecule has 0 atom stereocenters. The number of aryl methyl sites for hydroxylation is 1. The molecule has 1 aromatic heterocycles. The number of benzene rings is 2. The first kappa shape index (κ1) is 18.0. The molecule has 3 aromatic rings. The van der Waals surface area contributed by atoms with Crippen LogP contribution in [0, 0.1) is 0 Å². The van der Waals surface area contributed by atoms with Gasteiger partial charge in [-0.3, -0.25) is 4.79 Å². The Balaban J connectivity index is 2.39. The normalized spacial score (nSPS) is 12.6. The third kappa shape index (κ3) is 3.16. The van der Waals surface area contributed by atoms with Gasteiger partial charge in [-0.15, -0.1) is 0 Å². The van der Waals surface area contributed by atoms with Gasteiger partial charge in [0.05, 0.1) is 22.2 Å². The summed E-state index contributed by atoms with van der Waals surface area (Å²) in [6.07, 6.45) is -9.93. The van der Waals surface area contributed by atoms with Crippen LogP contribution in [0.5, 0.6) is 0 Å². The first-order chi connectivity index (χ1) is 12.0. The molecule has 0 radical (unpaired) electrons. The lowest BCUT2D eigenvalue weighted by Crippen LogP contribution is -2.20. The second-order valence-electron chi connectivity index (χ2n) is 5.62. The van der Waals surface area contributed by atoms with Crippen LogP contribution in [0.4, 0.5) is 26.3 Å². The van der Waals surface area contributed by atoms with Gasteiger partial charge in [0.25, 0.3) is 5.56 Å². The number of nitrogens with zero attached hydrogens (tertiary/aromatic N) is 2. The number of aromatic nitrogens is 2. The molecule has 0 fully saturated rings. The summed E-state index contributed by atoms with van der Waals surface area (Å²) in [6, 6.07) is 7.15. The number of alkyl halides is 6. The molecule has 0 aliphatic heterocycles. The van der Waals surface area contributed by atoms with E-state index in [0.717, 1.165) is 4.68 Å². The van der Waals surface area contributed by atoms with E-state index in [1.165, 1.54) is 25.2 Å². The zero-order valence-electron chi connectivity index (χ0n) is 13.1. The van der Waals surface area contributed by atoms with Gasteiger partial charge >= 0.3 is 12.4 Å². The zero-order chi connectivity index (χ0) is 19.3. The van der Waals surface area contributed by atoms with Gasteiger partial charge in [0, 0.05) is 18.0 Å². The largest absolute Gasteiger partial charge is 0.416 e. The summed E-state index contributed by atoms with van der Waals surface area (Å²) in [5.74, 6) is 0. The molecule has 0 aliphatic rings. The topological polar surface area (TPSA) is 34.9 Å². The smallest absolute Gasteiger partial charge is 0.267 e. The maximum atomic E-state index is 13.1. The molecule has 0 aliphatic carbocycles. The van der Waals surface area contributed by atoms with Gasteiger partial charge in [0.2, 0.25) is 0 Å². The molecule has 0 saturated heterocycles. The molecule has 0 bridgehead atoms. The number of rotatable bonds is 1. The van der Waals surface area contributed by atoms with Crippen LogP contribution in [0.2, 0.25) is 0 Å². The van der Waals surface area contributed by atoms with E-state index < -0.39 is 29.0 Å². The number of fused-ring (bicyclic) bond motifs is 1. The molecule has 0 saturated carbocycles. The van der Waals surface area contributed by atoms with Crippen molar-refractivity contribution in [3.8, 4) is 11.3 Å². The highest BCUT2D eigenvalue weighted by Crippen LogP contribution is 2.39. The SMILES string of the molecule is Cn1nc(-c2cc(C(F)(F)F)cc(C(F)(F)F)c2)c2ccccc2c1=O. The molecular weight excluding hydrogens is 362 g/mol. The van der Waals surface area contributed by atoms with Gasteiger partial charge < -0.3 is 0 Å². The molecule has 3 nitrogen and oxygen atoms in total. The van der Waals surface area contributed by atoms with Crippen LogP contribution < -0.4 is 5.56 Å². The molecule has 26 heavy (non-hydrogen) atoms. The standard InChI is InChI=1S/C17H10F6N2O/c1-25-15(26)13-5-3-2-4-12(13)14(24-25)9-6-10(16(18,19)20)8-11(7-9)17(21,22)23/h2-8H,1H3. The van der Waals surface area contributed by atoms with E-state index in [0.29, 0.717) is 12.1 Å². The van der Waals surface area contributed by atoms with Crippen LogP contribution in [0.25, 0.3) is 22.0 Å². The second-order valence-corrected chi connectivity index (χ2v) is 5.62. The van der Waals surface area contributed by atoms with E-state index in [1.54, 1.807) is 6.07 Å². The Labute approximate surface area is 142 Å². The minimum atomic E-state index is -4.97. The molecule has 0 N–H and O–H groups in total. The molecule has 1 heterocycles. The highest BCUT2D eigenvalue weighted by atomic mass is 19.4. The van der Waals surface area contributed by atoms with Crippen molar-refractivity contribution in [3.05, 3.63) is 63.9 Å². The van der Waals surface area contributed by atoms with E-state index in [2.05, 4.69) is 5.10 Å². The second kappa shape index (κ2) is 5.86. The van der Waals surface area contributed by atoms with E-state index >= 15 is 0 Å². The summed E-state index contributed by atoms with van der Waals surface area (Å²) >= 11 is 0. The Bertz CT molecular complexity index is 1020. The van der Waals surface area contributed by atoms with E-state index in [1.807, 2.05) is 0 Å². The Hall–Kier alpha value is -2.84. The van der Waals surface area contributed by atoms with E-state index in [4.69, 9.17) is 0 Å². The van der Waals surface area contributed by atoms with Gasteiger partial charge in [-0.25, -0.2) is 4.68 Å². The van der Waals surface area contributed by atoms with Crippen LogP contribution in [-0.2, 0) is 19.4 Å². The number of halogens is 6. The van der Waals surface area contributed by atoms with Crippen LogP contribution in [0.15, 0.2) is 47.3 Å². The van der Waals surface area contributed by atoms with Gasteiger partial charge in [0.15, 0.2) is 0 Å². The summed E-state index contributed by atoms with van der Waals surface area (Å²) in [5, 5.41) is 4.20. The summed E-state index contributed by atoms with van der Waals surface area (Å²) in [7, 11) is 1.27. The van der Waals surface area contributed by atoms with Crippen molar-refractivity contribution in [2.45, 2.75) is 12.4 Å². The molecule has 2 aromatic carbocycles. The van der Waals surface area contributed by atoms with Gasteiger partial charge in [-0.05, 0) is 24.3 Å². The number of hydrogen-bond acceptors (Lipinski definition) is 2. The maximum Gasteiger partial charge on any atom is 0.416 e. The minimum absolute atomic E-state index is 0.0493. The Morgan fingerprint density at radius 3 is 1.85 bits per heavy atom. The Morgan fingerprint density at radius 1 is 0.846 bits per heavy atom. The highest BCUT2D eigenvalue weighted by Gasteiger charge is 2.37. The fourth-order valence-corrected chi connectivity index (χ4v) is 2.60. The molecule has 0 amide bonds. The lowest BCUT2D eigenvalue weighted by atomic mass is 9.99. The third-order valence-corrected chi connectivity index (χ3v) is 3.82. The monoisotopic (exact) mass is 372 g/mol. The summed E-state index contributed by atoms with van der Waals surface area (Å²) < 4.78 is 79.3. The van der Waals surface area contributed by atoms with E-state index in [9.17, 15) is 31.1 Å². The van der Waals surface area contributed by atoms with Gasteiger partial charge in [-0.1, -0.05) is 18.2 Å². The molecule has 3 rings (SSSR count). The summed E-state index contributed by atoms with van der Waals surface area (Å²) in [4.78, 5) is 12.1. The van der Waals surface area contributed by atoms with Crippen molar-refractivity contribution in [1.82, 2.24) is 9.78 Å². The average molecular weight is 372 g/mol. The lowest BCUT2D eigenvalue weighted by Gasteiger charge is -2.15. The Kier molecular flexibility index (Phi) is 4.05. The Morgan fingerprint density at radius 2 is 1.35 bits per heavy atom. The molecule has 136 valence electrons. The first-order valence-electron chi connectivity index (χ1n) is 7.24. The van der Waals surface area contributed by atoms with Gasteiger partial charge in [0.1, 0.15) is 0 Å². The van der Waals surface area contributed by atoms with Crippen molar-refractivity contribution in [2.24, 2.45) is 7.05 Å². The number of hydrogen-bond donors (Lipinski definition) is 0. The van der Waals surface area contributed by atoms with Crippen LogP contribution in [0.3, 0.4) is 0 Å². The summed E-state index contributed by atoms with van der Waals surface area (Å²) in [5.41, 5.74) is -3.91. The van der Waals surface area contributed by atoms with Gasteiger partial charge in [-0.2, -0.15) is 31.4 Å². The zero-order valence-corrected chi connectivity index (χ0v) is 13.1. The van der Waals surface area contributed by atoms with Crippen LogP contribution >= 0.6 is 0 Å². The van der Waals surface area contributed by atoms with Crippen molar-refractivity contribution in [2.75, 3.05) is 0 Å². The fraction of sp³-hybridized carbons (Fsp3) is 0.176. The maximum absolute atomic E-state index is 13.1. The molecule has 9 heteroatoms. The molecule has 0 spiro atoms. The third-order valence-electron chi connectivity index (χ3n) is 3.82. The van der Waals surface area contributed by atoms with Crippen molar-refractivity contribution in [1.29, 1.82) is 0 Å². The van der Waals surface area contributed by atoms with Crippen molar-refractivity contribution < 1.29 is 26.3 Å². The fourth-order valence-electron chi connectivity index (χ4n) is 2.60. The first-order valence-corrected chi connectivity index (χ1v) is 7.24. The summed E-state index contributed by atoms with van der Waals surface area (Å²) in [6.45, 7) is 0. The average Bonchev–Trinajstić information content (AvgIpc) is 2.56. The predicted octanol–water partition coefficient (Wildman–Crippen LogP) is 4.64.